The predicted octanol–water partition coefficient (Wildman–Crippen LogP) is 5.35. The van der Waals surface area contributed by atoms with Gasteiger partial charge in [0.05, 0.1) is 0 Å². The predicted molar refractivity (Wildman–Crippen MR) is 64.0 cm³/mol. The Morgan fingerprint density at radius 1 is 0.750 bits per heavy atom. The van der Waals surface area contributed by atoms with Gasteiger partial charge in [0.1, 0.15) is 5.57 Å². The van der Waals surface area contributed by atoms with E-state index in [0.717, 1.165) is 5.39 Å². The fourth-order valence-electron chi connectivity index (χ4n) is 1.79. The maximum atomic E-state index is 12.4. The Morgan fingerprint density at radius 2 is 1.30 bits per heavy atom. The van der Waals surface area contributed by atoms with Crippen molar-refractivity contribution >= 4 is 16.8 Å². The van der Waals surface area contributed by atoms with Crippen molar-refractivity contribution in [3.05, 3.63) is 53.6 Å². The number of fused-ring (bicyclic) bond motifs is 1. The first kappa shape index (κ1) is 14.4. The van der Waals surface area contributed by atoms with E-state index in [2.05, 4.69) is 0 Å². The molecule has 0 nitrogen and oxygen atoms in total. The molecule has 20 heavy (non-hydrogen) atoms. The van der Waals surface area contributed by atoms with Crippen LogP contribution in [0.4, 0.5) is 26.3 Å². The van der Waals surface area contributed by atoms with Crippen molar-refractivity contribution in [3.63, 3.8) is 0 Å². The first-order valence-electron chi connectivity index (χ1n) is 5.53. The molecule has 0 amide bonds. The van der Waals surface area contributed by atoms with Gasteiger partial charge >= 0.3 is 12.4 Å². The lowest BCUT2D eigenvalue weighted by atomic mass is 10.0. The lowest BCUT2D eigenvalue weighted by Gasteiger charge is -2.15. The van der Waals surface area contributed by atoms with Crippen LogP contribution in [-0.4, -0.2) is 12.4 Å². The van der Waals surface area contributed by atoms with Gasteiger partial charge in [0, 0.05) is 0 Å². The van der Waals surface area contributed by atoms with Gasteiger partial charge < -0.3 is 0 Å². The van der Waals surface area contributed by atoms with E-state index < -0.39 is 17.9 Å². The SMILES string of the molecule is FC(F)(F)C(=Cc1ccc2ccccc2c1)C(F)(F)F. The lowest BCUT2D eigenvalue weighted by Crippen LogP contribution is -2.25. The Kier molecular flexibility index (Phi) is 3.50. The highest BCUT2D eigenvalue weighted by Gasteiger charge is 2.50. The summed E-state index contributed by atoms with van der Waals surface area (Å²) in [5.74, 6) is 0. The molecule has 0 radical (unpaired) electrons. The molecular formula is C14H8F6. The van der Waals surface area contributed by atoms with E-state index in [4.69, 9.17) is 0 Å². The molecule has 0 spiro atoms. The Labute approximate surface area is 110 Å². The number of allylic oxidation sites excluding steroid dienone is 1. The largest absolute Gasteiger partial charge is 0.421 e. The summed E-state index contributed by atoms with van der Waals surface area (Å²) in [6.07, 6.45) is -10.8. The molecule has 0 aliphatic heterocycles. The second-order valence-corrected chi connectivity index (χ2v) is 4.16. The Hall–Kier alpha value is -1.98. The molecular weight excluding hydrogens is 282 g/mol. The molecule has 2 rings (SSSR count). The molecule has 0 N–H and O–H groups in total. The standard InChI is InChI=1S/C14H8F6/c15-13(16,17)12(14(18,19)20)8-9-5-6-10-3-1-2-4-11(10)7-9/h1-8H. The number of hydrogen-bond acceptors (Lipinski definition) is 0. The molecule has 0 aromatic heterocycles. The van der Waals surface area contributed by atoms with E-state index in [1.807, 2.05) is 0 Å². The molecule has 2 aromatic carbocycles. The van der Waals surface area contributed by atoms with Gasteiger partial charge in [-0.2, -0.15) is 26.3 Å². The third kappa shape index (κ3) is 3.12. The highest BCUT2D eigenvalue weighted by molar-refractivity contribution is 5.84. The number of alkyl halides is 6. The smallest absolute Gasteiger partial charge is 0.166 e. The van der Waals surface area contributed by atoms with Crippen LogP contribution in [-0.2, 0) is 0 Å². The number of benzene rings is 2. The average molecular weight is 290 g/mol. The zero-order valence-electron chi connectivity index (χ0n) is 9.89. The van der Waals surface area contributed by atoms with Crippen molar-refractivity contribution in [2.24, 2.45) is 0 Å². The Morgan fingerprint density at radius 3 is 1.85 bits per heavy atom. The minimum atomic E-state index is -5.44. The zero-order chi connectivity index (χ0) is 15.0. The summed E-state index contributed by atoms with van der Waals surface area (Å²) in [6.45, 7) is 0. The van der Waals surface area contributed by atoms with Crippen molar-refractivity contribution in [2.75, 3.05) is 0 Å². The van der Waals surface area contributed by atoms with Crippen LogP contribution in [0.5, 0.6) is 0 Å². The van der Waals surface area contributed by atoms with Gasteiger partial charge in [-0.1, -0.05) is 36.4 Å². The Balaban J connectivity index is 2.54. The molecule has 2 aromatic rings. The molecule has 0 unspecified atom stereocenters. The van der Waals surface area contributed by atoms with Gasteiger partial charge in [-0.25, -0.2) is 0 Å². The third-order valence-electron chi connectivity index (χ3n) is 2.70. The van der Waals surface area contributed by atoms with Gasteiger partial charge in [0.2, 0.25) is 0 Å². The molecule has 0 saturated heterocycles. The molecule has 0 fully saturated rings. The van der Waals surface area contributed by atoms with E-state index in [1.54, 1.807) is 24.3 Å². The van der Waals surface area contributed by atoms with Crippen molar-refractivity contribution in [1.29, 1.82) is 0 Å². The molecule has 6 heteroatoms. The zero-order valence-corrected chi connectivity index (χ0v) is 9.89. The fraction of sp³-hybridized carbons (Fsp3) is 0.143. The van der Waals surface area contributed by atoms with Crippen LogP contribution in [0.25, 0.3) is 16.8 Å². The lowest BCUT2D eigenvalue weighted by molar-refractivity contribution is -0.170. The third-order valence-corrected chi connectivity index (χ3v) is 2.70. The van der Waals surface area contributed by atoms with E-state index in [1.165, 1.54) is 18.2 Å². The highest BCUT2D eigenvalue weighted by atomic mass is 19.4. The van der Waals surface area contributed by atoms with Crippen LogP contribution < -0.4 is 0 Å². The van der Waals surface area contributed by atoms with Crippen LogP contribution >= 0.6 is 0 Å². The summed E-state index contributed by atoms with van der Waals surface area (Å²) >= 11 is 0. The monoisotopic (exact) mass is 290 g/mol. The second kappa shape index (κ2) is 4.85. The molecule has 0 aliphatic rings. The van der Waals surface area contributed by atoms with Crippen molar-refractivity contribution in [2.45, 2.75) is 12.4 Å². The normalized spacial score (nSPS) is 12.5. The average Bonchev–Trinajstić information content (AvgIpc) is 2.33. The first-order chi connectivity index (χ1) is 9.18. The highest BCUT2D eigenvalue weighted by Crippen LogP contribution is 2.39. The maximum absolute atomic E-state index is 12.4. The van der Waals surface area contributed by atoms with Crippen molar-refractivity contribution < 1.29 is 26.3 Å². The number of rotatable bonds is 1. The number of hydrogen-bond donors (Lipinski definition) is 0. The summed E-state index contributed by atoms with van der Waals surface area (Å²) in [7, 11) is 0. The van der Waals surface area contributed by atoms with Gasteiger partial charge in [0.15, 0.2) is 0 Å². The van der Waals surface area contributed by atoms with Crippen LogP contribution in [0, 0.1) is 0 Å². The summed E-state index contributed by atoms with van der Waals surface area (Å²) in [5, 5.41) is 1.31. The van der Waals surface area contributed by atoms with Gasteiger partial charge in [0.25, 0.3) is 0 Å². The molecule has 0 atom stereocenters. The maximum Gasteiger partial charge on any atom is 0.421 e. The van der Waals surface area contributed by atoms with Gasteiger partial charge in [-0.3, -0.25) is 0 Å². The minimum Gasteiger partial charge on any atom is -0.166 e. The van der Waals surface area contributed by atoms with Crippen LogP contribution in [0.1, 0.15) is 5.56 Å². The number of halogens is 6. The molecule has 0 bridgehead atoms. The second-order valence-electron chi connectivity index (χ2n) is 4.16. The summed E-state index contributed by atoms with van der Waals surface area (Å²) in [6, 6.07) is 10.7. The van der Waals surface area contributed by atoms with E-state index >= 15 is 0 Å². The summed E-state index contributed by atoms with van der Waals surface area (Å²) in [5.41, 5.74) is -2.66. The minimum absolute atomic E-state index is 0.117. The molecule has 106 valence electrons. The topological polar surface area (TPSA) is 0 Å². The van der Waals surface area contributed by atoms with Crippen LogP contribution in [0.3, 0.4) is 0 Å². The van der Waals surface area contributed by atoms with E-state index in [9.17, 15) is 26.3 Å². The summed E-state index contributed by atoms with van der Waals surface area (Å²) < 4.78 is 74.6. The van der Waals surface area contributed by atoms with Gasteiger partial charge in [-0.05, 0) is 28.5 Å². The van der Waals surface area contributed by atoms with Crippen molar-refractivity contribution in [1.82, 2.24) is 0 Å². The fourth-order valence-corrected chi connectivity index (χ4v) is 1.79. The van der Waals surface area contributed by atoms with E-state index in [0.29, 0.717) is 5.39 Å². The Bertz CT molecular complexity index is 632. The van der Waals surface area contributed by atoms with Gasteiger partial charge in [-0.15, -0.1) is 0 Å². The quantitative estimate of drug-likeness (QED) is 0.621. The molecule has 0 heterocycles. The first-order valence-corrected chi connectivity index (χ1v) is 5.53. The van der Waals surface area contributed by atoms with Crippen LogP contribution in [0.2, 0.25) is 0 Å². The molecule has 0 saturated carbocycles. The molecule has 0 aliphatic carbocycles. The van der Waals surface area contributed by atoms with Crippen molar-refractivity contribution in [3.8, 4) is 0 Å². The van der Waals surface area contributed by atoms with Crippen LogP contribution in [0.15, 0.2) is 48.0 Å². The van der Waals surface area contributed by atoms with E-state index in [-0.39, 0.29) is 11.6 Å². The summed E-state index contributed by atoms with van der Waals surface area (Å²) in [4.78, 5) is 0.